The molecule has 3 aliphatic rings. The van der Waals surface area contributed by atoms with E-state index in [4.69, 9.17) is 9.47 Å². The molecule has 25 heavy (non-hydrogen) atoms. The first-order chi connectivity index (χ1) is 11.9. The smallest absolute Gasteiger partial charge is 0.239 e. The zero-order chi connectivity index (χ0) is 17.9. The lowest BCUT2D eigenvalue weighted by molar-refractivity contribution is -0.148. The van der Waals surface area contributed by atoms with Crippen LogP contribution in [0.15, 0.2) is 0 Å². The summed E-state index contributed by atoms with van der Waals surface area (Å²) in [5.41, 5.74) is 0. The van der Waals surface area contributed by atoms with Crippen molar-refractivity contribution in [2.75, 3.05) is 25.5 Å². The minimum absolute atomic E-state index is 0.0346. The number of amides is 1. The van der Waals surface area contributed by atoms with Gasteiger partial charge in [-0.15, -0.1) is 0 Å². The number of nitrogens with one attached hydrogen (secondary N) is 1. The first-order valence-electron chi connectivity index (χ1n) is 9.47. The fourth-order valence-electron chi connectivity index (χ4n) is 4.07. The van der Waals surface area contributed by atoms with Gasteiger partial charge < -0.3 is 14.4 Å². The average molecular weight is 375 g/mol. The van der Waals surface area contributed by atoms with Gasteiger partial charge in [-0.1, -0.05) is 6.92 Å². The summed E-state index contributed by atoms with van der Waals surface area (Å²) in [6.45, 7) is 3.83. The second-order valence-corrected chi connectivity index (χ2v) is 9.35. The minimum atomic E-state index is -3.62. The summed E-state index contributed by atoms with van der Waals surface area (Å²) in [5.74, 6) is -0.175. The maximum absolute atomic E-state index is 12.7. The highest BCUT2D eigenvalue weighted by Gasteiger charge is 2.37. The molecule has 3 rings (SSSR count). The first kappa shape index (κ1) is 19.1. The number of piperidine rings is 1. The molecule has 0 aromatic heterocycles. The number of rotatable bonds is 5. The molecule has 0 spiro atoms. The van der Waals surface area contributed by atoms with Gasteiger partial charge in [-0.25, -0.2) is 13.1 Å². The molecule has 7 nitrogen and oxygen atoms in total. The predicted molar refractivity (Wildman–Crippen MR) is 93.4 cm³/mol. The van der Waals surface area contributed by atoms with E-state index in [1.807, 2.05) is 0 Å². The number of carbonyl (C=O) groups is 1. The Labute approximate surface area is 150 Å². The Morgan fingerprint density at radius 3 is 2.44 bits per heavy atom. The summed E-state index contributed by atoms with van der Waals surface area (Å²) in [6.07, 6.45) is 6.04. The molecule has 0 radical (unpaired) electrons. The van der Waals surface area contributed by atoms with Crippen molar-refractivity contribution >= 4 is 15.9 Å². The van der Waals surface area contributed by atoms with Gasteiger partial charge in [-0.05, 0) is 50.9 Å². The molecule has 0 aromatic rings. The molecule has 1 N–H and O–H groups in total. The van der Waals surface area contributed by atoms with E-state index in [-0.39, 0.29) is 18.0 Å². The maximum atomic E-state index is 12.7. The van der Waals surface area contributed by atoms with Crippen molar-refractivity contribution in [2.45, 2.75) is 70.2 Å². The van der Waals surface area contributed by atoms with Crippen molar-refractivity contribution in [3.8, 4) is 0 Å². The van der Waals surface area contributed by atoms with Crippen LogP contribution < -0.4 is 4.72 Å². The molecule has 8 heteroatoms. The molecule has 1 unspecified atom stereocenters. The summed E-state index contributed by atoms with van der Waals surface area (Å²) in [7, 11) is -3.62. The van der Waals surface area contributed by atoms with Crippen LogP contribution in [0.1, 0.15) is 51.9 Å². The van der Waals surface area contributed by atoms with Crippen LogP contribution in [-0.2, 0) is 24.3 Å². The van der Waals surface area contributed by atoms with E-state index < -0.39 is 22.1 Å². The number of hydrogen-bond acceptors (Lipinski definition) is 5. The number of nitrogens with zero attached hydrogens (tertiary/aromatic N) is 1. The van der Waals surface area contributed by atoms with Crippen molar-refractivity contribution < 1.29 is 22.7 Å². The molecule has 0 bridgehead atoms. The number of sulfonamides is 1. The van der Waals surface area contributed by atoms with Crippen LogP contribution >= 0.6 is 0 Å². The van der Waals surface area contributed by atoms with Crippen LogP contribution in [0, 0.1) is 5.92 Å². The van der Waals surface area contributed by atoms with Crippen LogP contribution in [0.25, 0.3) is 0 Å². The Morgan fingerprint density at radius 2 is 1.76 bits per heavy atom. The SMILES string of the molecule is CC1CCC(NS(=O)(=O)CC(=O)N2CCCCC2C2OCCO2)CC1. The normalized spacial score (nSPS) is 32.0. The highest BCUT2D eigenvalue weighted by atomic mass is 32.2. The Balaban J connectivity index is 1.57. The molecule has 3 fully saturated rings. The molecular formula is C17H30N2O5S. The number of hydrogen-bond donors (Lipinski definition) is 1. The van der Waals surface area contributed by atoms with E-state index in [0.29, 0.717) is 25.7 Å². The quantitative estimate of drug-likeness (QED) is 0.783. The fraction of sp³-hybridized carbons (Fsp3) is 0.941. The average Bonchev–Trinajstić information content (AvgIpc) is 3.11. The third kappa shape index (κ3) is 5.15. The van der Waals surface area contributed by atoms with Gasteiger partial charge in [0.1, 0.15) is 5.75 Å². The van der Waals surface area contributed by atoms with E-state index in [9.17, 15) is 13.2 Å². The Kier molecular flexibility index (Phi) is 6.35. The van der Waals surface area contributed by atoms with E-state index in [2.05, 4.69) is 11.6 Å². The molecule has 2 aliphatic heterocycles. The fourth-order valence-corrected chi connectivity index (χ4v) is 5.39. The molecule has 2 heterocycles. The summed E-state index contributed by atoms with van der Waals surface area (Å²) < 4.78 is 38.7. The zero-order valence-electron chi connectivity index (χ0n) is 15.0. The zero-order valence-corrected chi connectivity index (χ0v) is 15.8. The van der Waals surface area contributed by atoms with Gasteiger partial charge in [-0.3, -0.25) is 4.79 Å². The molecule has 1 aliphatic carbocycles. The van der Waals surface area contributed by atoms with Crippen LogP contribution in [0.2, 0.25) is 0 Å². The van der Waals surface area contributed by atoms with E-state index >= 15 is 0 Å². The van der Waals surface area contributed by atoms with Gasteiger partial charge in [0.25, 0.3) is 0 Å². The van der Waals surface area contributed by atoms with Crippen molar-refractivity contribution in [1.29, 1.82) is 0 Å². The monoisotopic (exact) mass is 374 g/mol. The van der Waals surface area contributed by atoms with Crippen LogP contribution in [0.3, 0.4) is 0 Å². The lowest BCUT2D eigenvalue weighted by atomic mass is 9.88. The van der Waals surface area contributed by atoms with Gasteiger partial charge in [0.15, 0.2) is 6.29 Å². The molecule has 1 amide bonds. The third-order valence-corrected chi connectivity index (χ3v) is 6.83. The van der Waals surface area contributed by atoms with Gasteiger partial charge in [-0.2, -0.15) is 0 Å². The lowest BCUT2D eigenvalue weighted by Gasteiger charge is -2.38. The first-order valence-corrected chi connectivity index (χ1v) is 11.1. The largest absolute Gasteiger partial charge is 0.348 e. The molecule has 1 atom stereocenters. The summed E-state index contributed by atoms with van der Waals surface area (Å²) >= 11 is 0. The summed E-state index contributed by atoms with van der Waals surface area (Å²) in [6, 6.07) is -0.206. The highest BCUT2D eigenvalue weighted by Crippen LogP contribution is 2.26. The molecule has 1 saturated carbocycles. The highest BCUT2D eigenvalue weighted by molar-refractivity contribution is 7.90. The second-order valence-electron chi connectivity index (χ2n) is 7.59. The number of ether oxygens (including phenoxy) is 2. The van der Waals surface area contributed by atoms with Gasteiger partial charge >= 0.3 is 0 Å². The topological polar surface area (TPSA) is 84.9 Å². The minimum Gasteiger partial charge on any atom is -0.348 e. The molecule has 2 saturated heterocycles. The maximum Gasteiger partial charge on any atom is 0.239 e. The van der Waals surface area contributed by atoms with Crippen LogP contribution in [-0.4, -0.2) is 63.1 Å². The van der Waals surface area contributed by atoms with Gasteiger partial charge in [0.05, 0.1) is 19.3 Å². The molecular weight excluding hydrogens is 344 g/mol. The van der Waals surface area contributed by atoms with Gasteiger partial charge in [0, 0.05) is 12.6 Å². The van der Waals surface area contributed by atoms with E-state index in [0.717, 1.165) is 44.9 Å². The van der Waals surface area contributed by atoms with E-state index in [1.54, 1.807) is 4.90 Å². The number of likely N-dealkylation sites (tertiary alicyclic amines) is 1. The van der Waals surface area contributed by atoms with Crippen LogP contribution in [0.4, 0.5) is 0 Å². The Hall–Kier alpha value is -0.700. The van der Waals surface area contributed by atoms with Crippen molar-refractivity contribution in [2.24, 2.45) is 5.92 Å². The molecule has 0 aromatic carbocycles. The van der Waals surface area contributed by atoms with E-state index in [1.165, 1.54) is 0 Å². The summed E-state index contributed by atoms with van der Waals surface area (Å²) in [4.78, 5) is 14.3. The molecule has 144 valence electrons. The Morgan fingerprint density at radius 1 is 1.08 bits per heavy atom. The van der Waals surface area contributed by atoms with Gasteiger partial charge in [0.2, 0.25) is 15.9 Å². The predicted octanol–water partition coefficient (Wildman–Crippen LogP) is 1.24. The standard InChI is InChI=1S/C17H30N2O5S/c1-13-5-7-14(8-6-13)18-25(21,22)12-16(20)19-9-3-2-4-15(19)17-23-10-11-24-17/h13-15,17-18H,2-12H2,1H3. The van der Waals surface area contributed by atoms with Crippen molar-refractivity contribution in [3.63, 3.8) is 0 Å². The van der Waals surface area contributed by atoms with Crippen molar-refractivity contribution in [3.05, 3.63) is 0 Å². The summed E-state index contributed by atoms with van der Waals surface area (Å²) in [5, 5.41) is 0. The van der Waals surface area contributed by atoms with Crippen LogP contribution in [0.5, 0.6) is 0 Å². The van der Waals surface area contributed by atoms with Crippen molar-refractivity contribution in [1.82, 2.24) is 9.62 Å². The Bertz CT molecular complexity index is 553. The third-order valence-electron chi connectivity index (χ3n) is 5.51. The lowest BCUT2D eigenvalue weighted by Crippen LogP contribution is -2.53. The second kappa shape index (κ2) is 8.33. The number of carbonyl (C=O) groups excluding carboxylic acids is 1.